The molecule has 0 aliphatic rings. The molecule has 6 atom stereocenters. The molecule has 260 valence electrons. The third-order valence-electron chi connectivity index (χ3n) is 7.14. The number of carbonyl (C=O) groups excluding carboxylic acids is 5. The normalized spacial score (nSPS) is 15.0. The van der Waals surface area contributed by atoms with Crippen molar-refractivity contribution in [2.75, 3.05) is 13.1 Å². The van der Waals surface area contributed by atoms with Crippen LogP contribution in [0.1, 0.15) is 97.8 Å². The minimum atomic E-state index is -2.02. The third kappa shape index (κ3) is 18.7. The van der Waals surface area contributed by atoms with Gasteiger partial charge in [-0.1, -0.05) is 45.4 Å². The van der Waals surface area contributed by atoms with Crippen molar-refractivity contribution in [1.29, 1.82) is 0 Å². The Labute approximate surface area is 266 Å². The lowest BCUT2D eigenvalue weighted by Gasteiger charge is -2.26. The van der Waals surface area contributed by atoms with Gasteiger partial charge in [0.15, 0.2) is 0 Å². The fourth-order valence-electron chi connectivity index (χ4n) is 4.37. The molecule has 0 aliphatic heterocycles. The third-order valence-corrected chi connectivity index (χ3v) is 7.14. The average Bonchev–Trinajstić information content (AvgIpc) is 2.98. The number of amides is 5. The van der Waals surface area contributed by atoms with Gasteiger partial charge >= 0.3 is 7.12 Å². The van der Waals surface area contributed by atoms with E-state index in [1.807, 2.05) is 0 Å². The van der Waals surface area contributed by atoms with E-state index < -0.39 is 67.1 Å². The summed E-state index contributed by atoms with van der Waals surface area (Å²) < 4.78 is 0. The van der Waals surface area contributed by atoms with Gasteiger partial charge in [-0.25, -0.2) is 0 Å². The molecule has 0 bridgehead atoms. The van der Waals surface area contributed by atoms with Crippen LogP contribution in [0, 0.1) is 0 Å². The van der Waals surface area contributed by atoms with Gasteiger partial charge in [0, 0.05) is 6.42 Å². The molecule has 0 unspecified atom stereocenters. The van der Waals surface area contributed by atoms with Gasteiger partial charge in [-0.15, -0.1) is 0 Å². The molecule has 17 heteroatoms. The van der Waals surface area contributed by atoms with Crippen molar-refractivity contribution in [1.82, 2.24) is 26.6 Å². The van der Waals surface area contributed by atoms with E-state index in [1.54, 1.807) is 0 Å². The Morgan fingerprint density at radius 1 is 0.667 bits per heavy atom. The molecule has 0 rings (SSSR count). The first-order valence-electron chi connectivity index (χ1n) is 16.0. The van der Waals surface area contributed by atoms with E-state index in [1.165, 1.54) is 26.7 Å². The van der Waals surface area contributed by atoms with Crippen molar-refractivity contribution >= 4 is 36.7 Å². The number of hydrogen-bond donors (Lipinski definition) is 11. The van der Waals surface area contributed by atoms with Gasteiger partial charge in [-0.05, 0) is 59.0 Å². The maximum absolute atomic E-state index is 13.0. The second-order valence-electron chi connectivity index (χ2n) is 11.3. The van der Waals surface area contributed by atoms with Gasteiger partial charge in [-0.2, -0.15) is 0 Å². The van der Waals surface area contributed by atoms with Crippen LogP contribution in [-0.2, 0) is 24.0 Å². The van der Waals surface area contributed by atoms with Crippen LogP contribution in [-0.4, -0.2) is 101 Å². The highest BCUT2D eigenvalue weighted by Gasteiger charge is 2.32. The highest BCUT2D eigenvalue weighted by atomic mass is 16.4. The smallest absolute Gasteiger partial charge is 0.425 e. The molecular formula is C28H57BN8O8. The lowest BCUT2D eigenvalue weighted by atomic mass is 9.86. The minimum absolute atomic E-state index is 0.0841. The highest BCUT2D eigenvalue weighted by Crippen LogP contribution is 2.09. The molecule has 0 aromatic heterocycles. The maximum atomic E-state index is 13.0. The van der Waals surface area contributed by atoms with Crippen molar-refractivity contribution in [2.45, 2.75) is 134 Å². The zero-order valence-electron chi connectivity index (χ0n) is 27.1. The van der Waals surface area contributed by atoms with Gasteiger partial charge < -0.3 is 58.9 Å². The van der Waals surface area contributed by atoms with Crippen molar-refractivity contribution in [3.8, 4) is 0 Å². The quantitative estimate of drug-likeness (QED) is 0.0277. The molecule has 0 aromatic carbocycles. The second-order valence-corrected chi connectivity index (χ2v) is 11.3. The SMILES string of the molecule is CCCCCCCCCC(=O)N[C@@H](CCN)C(=O)N[C@H](C(=O)N[C@@H](C)C(=O)N[C@@H](CCCCN)C(=O)N[C@@H](N)B(O)O)[C@@H](C)O. The molecule has 0 saturated carbocycles. The Morgan fingerprint density at radius 3 is 1.80 bits per heavy atom. The van der Waals surface area contributed by atoms with Crippen LogP contribution in [0.2, 0.25) is 0 Å². The number of unbranched alkanes of at least 4 members (excludes halogenated alkanes) is 7. The van der Waals surface area contributed by atoms with E-state index in [0.29, 0.717) is 25.8 Å². The molecule has 16 nitrogen and oxygen atoms in total. The Morgan fingerprint density at radius 2 is 1.24 bits per heavy atom. The van der Waals surface area contributed by atoms with Crippen molar-refractivity contribution in [2.24, 2.45) is 17.2 Å². The van der Waals surface area contributed by atoms with Gasteiger partial charge in [0.25, 0.3) is 0 Å². The fourth-order valence-corrected chi connectivity index (χ4v) is 4.37. The molecule has 0 fully saturated rings. The monoisotopic (exact) mass is 644 g/mol. The van der Waals surface area contributed by atoms with E-state index in [2.05, 4.69) is 33.5 Å². The van der Waals surface area contributed by atoms with Crippen LogP contribution in [0.25, 0.3) is 0 Å². The standard InChI is InChI=1S/C28H57BN8O8/c1-4-5-6-7-8-9-10-14-22(39)34-21(15-17-31)25(41)36-23(19(3)38)27(43)33-18(2)24(40)35-20(13-11-12-16-30)26(42)37-28(32)29(44)45/h18-21,23,28,38,44-45H,4-17,30-32H2,1-3H3,(H,33,43)(H,34,39)(H,35,40)(H,36,41)(H,37,42)/t18-,19+,20-,21-,23-,28+/m0/s1. The summed E-state index contributed by atoms with van der Waals surface area (Å²) in [5.74, 6) is -3.45. The summed E-state index contributed by atoms with van der Waals surface area (Å²) in [6.07, 6.45) is 7.40. The van der Waals surface area contributed by atoms with Crippen molar-refractivity contribution in [3.63, 3.8) is 0 Å². The molecule has 0 aliphatic carbocycles. The number of aliphatic hydroxyl groups is 1. The number of nitrogens with one attached hydrogen (secondary N) is 5. The summed E-state index contributed by atoms with van der Waals surface area (Å²) in [6, 6.07) is -6.33. The summed E-state index contributed by atoms with van der Waals surface area (Å²) in [7, 11) is -2.02. The summed E-state index contributed by atoms with van der Waals surface area (Å²) in [5.41, 5.74) is 16.6. The Bertz CT molecular complexity index is 899. The molecular weight excluding hydrogens is 587 g/mol. The summed E-state index contributed by atoms with van der Waals surface area (Å²) in [4.78, 5) is 64.0. The van der Waals surface area contributed by atoms with Crippen LogP contribution in [0.15, 0.2) is 0 Å². The summed E-state index contributed by atoms with van der Waals surface area (Å²) in [5, 5.41) is 40.8. The van der Waals surface area contributed by atoms with E-state index in [0.717, 1.165) is 25.7 Å². The Hall–Kier alpha value is -2.83. The zero-order valence-corrected chi connectivity index (χ0v) is 27.1. The molecule has 14 N–H and O–H groups in total. The predicted molar refractivity (Wildman–Crippen MR) is 171 cm³/mol. The van der Waals surface area contributed by atoms with Gasteiger partial charge in [0.1, 0.15) is 30.2 Å². The van der Waals surface area contributed by atoms with Gasteiger partial charge in [0.2, 0.25) is 29.5 Å². The fraction of sp³-hybridized carbons (Fsp3) is 0.821. The minimum Gasteiger partial charge on any atom is -0.425 e. The summed E-state index contributed by atoms with van der Waals surface area (Å²) >= 11 is 0. The molecule has 0 radical (unpaired) electrons. The van der Waals surface area contributed by atoms with E-state index >= 15 is 0 Å². The van der Waals surface area contributed by atoms with E-state index in [4.69, 9.17) is 27.2 Å². The molecule has 45 heavy (non-hydrogen) atoms. The molecule has 0 saturated heterocycles. The number of aliphatic hydroxyl groups excluding tert-OH is 1. The molecule has 0 heterocycles. The topological polar surface area (TPSA) is 284 Å². The first-order valence-corrected chi connectivity index (χ1v) is 16.0. The Kier molecular flexibility index (Phi) is 22.9. The number of hydrogen-bond acceptors (Lipinski definition) is 11. The predicted octanol–water partition coefficient (Wildman–Crippen LogP) is -2.64. The number of carbonyl (C=O) groups is 5. The van der Waals surface area contributed by atoms with E-state index in [9.17, 15) is 29.1 Å². The highest BCUT2D eigenvalue weighted by molar-refractivity contribution is 6.43. The maximum Gasteiger partial charge on any atom is 0.490 e. The van der Waals surface area contributed by atoms with Gasteiger partial charge in [0.05, 0.1) is 6.10 Å². The lowest BCUT2D eigenvalue weighted by Crippen LogP contribution is -2.61. The number of rotatable bonds is 25. The van der Waals surface area contributed by atoms with Crippen LogP contribution in [0.4, 0.5) is 0 Å². The molecule has 0 aromatic rings. The first-order chi connectivity index (χ1) is 21.3. The second kappa shape index (κ2) is 24.4. The van der Waals surface area contributed by atoms with Gasteiger partial charge in [-0.3, -0.25) is 24.0 Å². The van der Waals surface area contributed by atoms with Crippen LogP contribution in [0.3, 0.4) is 0 Å². The summed E-state index contributed by atoms with van der Waals surface area (Å²) in [6.45, 7) is 5.20. The van der Waals surface area contributed by atoms with E-state index in [-0.39, 0.29) is 31.7 Å². The van der Waals surface area contributed by atoms with Crippen molar-refractivity contribution < 1.29 is 39.1 Å². The van der Waals surface area contributed by atoms with Crippen LogP contribution >= 0.6 is 0 Å². The van der Waals surface area contributed by atoms with Crippen LogP contribution < -0.4 is 43.8 Å². The van der Waals surface area contributed by atoms with Crippen molar-refractivity contribution in [3.05, 3.63) is 0 Å². The lowest BCUT2D eigenvalue weighted by molar-refractivity contribution is -0.136. The van der Waals surface area contributed by atoms with Crippen LogP contribution in [0.5, 0.6) is 0 Å². The average molecular weight is 645 g/mol. The Balaban J connectivity index is 5.21. The number of nitrogens with two attached hydrogens (primary N) is 3. The zero-order chi connectivity index (χ0) is 34.4. The molecule has 0 spiro atoms. The largest absolute Gasteiger partial charge is 0.490 e. The molecule has 5 amide bonds. The first kappa shape index (κ1) is 42.2.